The fraction of sp³-hybridized carbons (Fsp3) is 0.381. The van der Waals surface area contributed by atoms with E-state index in [0.717, 1.165) is 0 Å². The molecule has 0 atom stereocenters. The smallest absolute Gasteiger partial charge is 0.326 e. The lowest BCUT2D eigenvalue weighted by molar-refractivity contribution is -0.143. The predicted octanol–water partition coefficient (Wildman–Crippen LogP) is 3.32. The van der Waals surface area contributed by atoms with Crippen LogP contribution in [0.4, 0.5) is 0 Å². The summed E-state index contributed by atoms with van der Waals surface area (Å²) in [5.74, 6) is -0.255. The number of ether oxygens (including phenoxy) is 1. The summed E-state index contributed by atoms with van der Waals surface area (Å²) in [6, 6.07) is 12.3. The molecular weight excluding hydrogens is 330 g/mol. The molecule has 0 radical (unpaired) electrons. The molecule has 1 aromatic carbocycles. The third-order valence-corrected chi connectivity index (χ3v) is 4.87. The molecule has 0 unspecified atom stereocenters. The van der Waals surface area contributed by atoms with Crippen molar-refractivity contribution in [3.63, 3.8) is 0 Å². The van der Waals surface area contributed by atoms with Gasteiger partial charge in [-0.15, -0.1) is 0 Å². The first-order valence-electron chi connectivity index (χ1n) is 9.08. The molecule has 1 aliphatic rings. The van der Waals surface area contributed by atoms with Crippen molar-refractivity contribution >= 4 is 11.8 Å². The van der Waals surface area contributed by atoms with Crippen molar-refractivity contribution in [3.8, 4) is 0 Å². The molecule has 1 heterocycles. The predicted molar refractivity (Wildman–Crippen MR) is 98.3 cm³/mol. The highest BCUT2D eigenvalue weighted by molar-refractivity contribution is 5.97. The van der Waals surface area contributed by atoms with Crippen molar-refractivity contribution in [3.05, 3.63) is 70.1 Å². The normalized spacial score (nSPS) is 14.8. The van der Waals surface area contributed by atoms with Crippen LogP contribution in [0.15, 0.2) is 53.5 Å². The van der Waals surface area contributed by atoms with E-state index in [0.29, 0.717) is 11.5 Å². The van der Waals surface area contributed by atoms with Gasteiger partial charge in [-0.05, 0) is 30.4 Å². The summed E-state index contributed by atoms with van der Waals surface area (Å²) in [6.07, 6.45) is 7.79. The minimum atomic E-state index is -0.606. The monoisotopic (exact) mass is 353 g/mol. The van der Waals surface area contributed by atoms with Crippen molar-refractivity contribution in [2.24, 2.45) is 0 Å². The number of Topliss-reactive ketones (excluding diaryl/α,β-unsaturated/α-hetero) is 1. The van der Waals surface area contributed by atoms with Crippen LogP contribution in [-0.4, -0.2) is 22.9 Å². The van der Waals surface area contributed by atoms with E-state index in [9.17, 15) is 14.4 Å². The van der Waals surface area contributed by atoms with Crippen LogP contribution in [0, 0.1) is 0 Å². The fourth-order valence-electron chi connectivity index (χ4n) is 3.38. The van der Waals surface area contributed by atoms with Crippen LogP contribution in [-0.2, 0) is 16.1 Å². The Morgan fingerprint density at radius 3 is 2.42 bits per heavy atom. The largest absolute Gasteiger partial charge is 0.456 e. The highest BCUT2D eigenvalue weighted by atomic mass is 16.5. The van der Waals surface area contributed by atoms with Gasteiger partial charge >= 0.3 is 5.97 Å². The molecule has 0 saturated heterocycles. The van der Waals surface area contributed by atoms with Gasteiger partial charge in [0.25, 0.3) is 5.56 Å². The Bertz CT molecular complexity index is 816. The van der Waals surface area contributed by atoms with Gasteiger partial charge < -0.3 is 9.30 Å². The number of esters is 1. The number of aromatic nitrogens is 1. The number of hydrogen-bond acceptors (Lipinski definition) is 4. The van der Waals surface area contributed by atoms with Crippen molar-refractivity contribution in [2.75, 3.05) is 6.61 Å². The molecule has 1 fully saturated rings. The van der Waals surface area contributed by atoms with Gasteiger partial charge in [-0.25, -0.2) is 0 Å². The van der Waals surface area contributed by atoms with Crippen LogP contribution in [0.3, 0.4) is 0 Å². The maximum Gasteiger partial charge on any atom is 0.326 e. The van der Waals surface area contributed by atoms with Crippen LogP contribution in [0.2, 0.25) is 0 Å². The van der Waals surface area contributed by atoms with Crippen LogP contribution < -0.4 is 5.56 Å². The number of hydrogen-bond donors (Lipinski definition) is 0. The van der Waals surface area contributed by atoms with Crippen molar-refractivity contribution in [1.82, 2.24) is 4.57 Å². The first kappa shape index (κ1) is 18.1. The average Bonchev–Trinajstić information content (AvgIpc) is 2.69. The van der Waals surface area contributed by atoms with Gasteiger partial charge in [-0.1, -0.05) is 49.6 Å². The molecule has 5 heteroatoms. The molecule has 5 nitrogen and oxygen atoms in total. The van der Waals surface area contributed by atoms with Crippen LogP contribution in [0.25, 0.3) is 0 Å². The van der Waals surface area contributed by atoms with Crippen LogP contribution in [0.5, 0.6) is 0 Å². The topological polar surface area (TPSA) is 65.4 Å². The summed E-state index contributed by atoms with van der Waals surface area (Å²) in [5, 5.41) is 0. The summed E-state index contributed by atoms with van der Waals surface area (Å²) in [7, 11) is 0. The third kappa shape index (κ3) is 4.69. The summed E-state index contributed by atoms with van der Waals surface area (Å²) in [5.41, 5.74) is 1.53. The lowest BCUT2D eigenvalue weighted by atomic mass is 9.84. The SMILES string of the molecule is O=C(Cn1ccccc1=O)OCC(=O)c1ccc(C2CCCCC2)cc1. The van der Waals surface area contributed by atoms with Gasteiger partial charge in [0.1, 0.15) is 6.54 Å². The number of ketones is 1. The fourth-order valence-corrected chi connectivity index (χ4v) is 3.38. The first-order valence-corrected chi connectivity index (χ1v) is 9.08. The molecule has 0 amide bonds. The van der Waals surface area contributed by atoms with E-state index in [1.807, 2.05) is 24.3 Å². The van der Waals surface area contributed by atoms with E-state index < -0.39 is 5.97 Å². The standard InChI is InChI=1S/C21H23NO4/c23-19(15-26-21(25)14-22-13-5-4-8-20(22)24)18-11-9-17(10-12-18)16-6-2-1-3-7-16/h4-5,8-13,16H,1-3,6-7,14-15H2. The Kier molecular flexibility index (Phi) is 6.00. The van der Waals surface area contributed by atoms with Gasteiger partial charge in [0, 0.05) is 17.8 Å². The van der Waals surface area contributed by atoms with Crippen molar-refractivity contribution < 1.29 is 14.3 Å². The second-order valence-electron chi connectivity index (χ2n) is 6.71. The third-order valence-electron chi connectivity index (χ3n) is 4.87. The zero-order chi connectivity index (χ0) is 18.4. The summed E-state index contributed by atoms with van der Waals surface area (Å²) < 4.78 is 6.26. The zero-order valence-electron chi connectivity index (χ0n) is 14.7. The van der Waals surface area contributed by atoms with Crippen LogP contribution in [0.1, 0.15) is 53.9 Å². The maximum atomic E-state index is 12.2. The van der Waals surface area contributed by atoms with Gasteiger partial charge in [-0.2, -0.15) is 0 Å². The molecule has 1 aromatic heterocycles. The molecule has 1 aliphatic carbocycles. The number of rotatable bonds is 6. The molecule has 0 N–H and O–H groups in total. The Morgan fingerprint density at radius 2 is 1.73 bits per heavy atom. The Morgan fingerprint density at radius 1 is 1.00 bits per heavy atom. The molecule has 136 valence electrons. The molecule has 26 heavy (non-hydrogen) atoms. The number of carbonyl (C=O) groups is 2. The molecule has 0 aliphatic heterocycles. The highest BCUT2D eigenvalue weighted by Crippen LogP contribution is 2.32. The van der Waals surface area contributed by atoms with E-state index >= 15 is 0 Å². The molecule has 0 bridgehead atoms. The first-order chi connectivity index (χ1) is 12.6. The average molecular weight is 353 g/mol. The van der Waals surface area contributed by atoms with Gasteiger partial charge in [0.05, 0.1) is 0 Å². The maximum absolute atomic E-state index is 12.2. The minimum Gasteiger partial charge on any atom is -0.456 e. The summed E-state index contributed by atoms with van der Waals surface area (Å²) >= 11 is 0. The number of benzene rings is 1. The molecule has 0 spiro atoms. The Balaban J connectivity index is 1.52. The number of pyridine rings is 1. The van der Waals surface area contributed by atoms with Gasteiger partial charge in [0.15, 0.2) is 12.4 Å². The molecular formula is C21H23NO4. The van der Waals surface area contributed by atoms with E-state index in [-0.39, 0.29) is 24.5 Å². The Labute approximate surface area is 152 Å². The zero-order valence-corrected chi connectivity index (χ0v) is 14.7. The highest BCUT2D eigenvalue weighted by Gasteiger charge is 2.16. The Hall–Kier alpha value is -2.69. The van der Waals surface area contributed by atoms with Gasteiger partial charge in [-0.3, -0.25) is 14.4 Å². The van der Waals surface area contributed by atoms with Crippen molar-refractivity contribution in [2.45, 2.75) is 44.6 Å². The second kappa shape index (κ2) is 8.61. The van der Waals surface area contributed by atoms with E-state index in [2.05, 4.69) is 0 Å². The molecule has 2 aromatic rings. The molecule has 1 saturated carbocycles. The number of carbonyl (C=O) groups excluding carboxylic acids is 2. The van der Waals surface area contributed by atoms with Crippen LogP contribution >= 0.6 is 0 Å². The lowest BCUT2D eigenvalue weighted by Gasteiger charge is -2.22. The van der Waals surface area contributed by atoms with Gasteiger partial charge in [0.2, 0.25) is 0 Å². The number of nitrogens with zero attached hydrogens (tertiary/aromatic N) is 1. The van der Waals surface area contributed by atoms with Crippen molar-refractivity contribution in [1.29, 1.82) is 0 Å². The van der Waals surface area contributed by atoms with E-state index in [1.165, 1.54) is 54.5 Å². The summed E-state index contributed by atoms with van der Waals surface area (Å²) in [6.45, 7) is -0.517. The summed E-state index contributed by atoms with van der Waals surface area (Å²) in [4.78, 5) is 35.6. The lowest BCUT2D eigenvalue weighted by Crippen LogP contribution is -2.25. The van der Waals surface area contributed by atoms with E-state index in [1.54, 1.807) is 12.1 Å². The quantitative estimate of drug-likeness (QED) is 0.590. The van der Waals surface area contributed by atoms with E-state index in [4.69, 9.17) is 4.74 Å². The minimum absolute atomic E-state index is 0.201. The molecule has 3 rings (SSSR count). The second-order valence-corrected chi connectivity index (χ2v) is 6.71.